The molecule has 1 aromatic rings. The number of nitriles is 1. The Morgan fingerprint density at radius 2 is 2.03 bits per heavy atom. The van der Waals surface area contributed by atoms with Crippen LogP contribution >= 0.6 is 27.5 Å². The smallest absolute Gasteiger partial charge is 0.415 e. The van der Waals surface area contributed by atoms with Crippen LogP contribution in [0.4, 0.5) is 14.9 Å². The van der Waals surface area contributed by atoms with Crippen LogP contribution in [-0.4, -0.2) is 48.2 Å². The van der Waals surface area contributed by atoms with Gasteiger partial charge in [0.15, 0.2) is 11.9 Å². The number of likely N-dealkylation sites (tertiary alicyclic amines) is 1. The molecule has 37 heavy (non-hydrogen) atoms. The van der Waals surface area contributed by atoms with Crippen LogP contribution in [0.1, 0.15) is 46.5 Å². The summed E-state index contributed by atoms with van der Waals surface area (Å²) < 4.78 is 25.5. The lowest BCUT2D eigenvalue weighted by atomic mass is 9.72. The summed E-state index contributed by atoms with van der Waals surface area (Å²) in [7, 11) is 0. The van der Waals surface area contributed by atoms with E-state index in [1.165, 1.54) is 11.0 Å². The van der Waals surface area contributed by atoms with E-state index in [4.69, 9.17) is 21.1 Å². The quantitative estimate of drug-likeness (QED) is 0.396. The van der Waals surface area contributed by atoms with E-state index in [0.29, 0.717) is 59.7 Å². The Morgan fingerprint density at radius 1 is 1.32 bits per heavy atom. The standard InChI is InChI=1S/C27H30BrClFN3O4/c1-26(2,3)37-25(35)33-15-22(36-23-20(28)12-18(29)13-21(23)33)24(34)32-10-8-27(16-31,9-11-32)14-17-4-6-19(30)7-5-17/h4,6-7,12-13,17,22H,5,8-11,14-15H2,1-3H3. The minimum Gasteiger partial charge on any atom is -0.475 e. The van der Waals surface area contributed by atoms with Gasteiger partial charge in [0, 0.05) is 18.1 Å². The van der Waals surface area contributed by atoms with E-state index in [1.807, 2.05) is 6.08 Å². The molecule has 0 spiro atoms. The van der Waals surface area contributed by atoms with Gasteiger partial charge >= 0.3 is 6.09 Å². The molecule has 198 valence electrons. The molecule has 0 radical (unpaired) electrons. The average molecular weight is 595 g/mol. The van der Waals surface area contributed by atoms with Gasteiger partial charge in [0.1, 0.15) is 11.4 Å². The van der Waals surface area contributed by atoms with Crippen LogP contribution in [0.15, 0.2) is 40.7 Å². The van der Waals surface area contributed by atoms with Crippen molar-refractivity contribution in [3.63, 3.8) is 0 Å². The number of fused-ring (bicyclic) bond motifs is 1. The van der Waals surface area contributed by atoms with Gasteiger partial charge in [-0.2, -0.15) is 5.26 Å². The van der Waals surface area contributed by atoms with Crippen LogP contribution < -0.4 is 9.64 Å². The Balaban J connectivity index is 1.48. The number of anilines is 1. The molecular weight excluding hydrogens is 565 g/mol. The van der Waals surface area contributed by atoms with Crippen molar-refractivity contribution in [1.29, 1.82) is 5.26 Å². The Labute approximate surface area is 229 Å². The summed E-state index contributed by atoms with van der Waals surface area (Å²) in [5.74, 6) is -0.0556. The van der Waals surface area contributed by atoms with Crippen LogP contribution in [0, 0.1) is 22.7 Å². The van der Waals surface area contributed by atoms with Crippen LogP contribution in [0.5, 0.6) is 5.75 Å². The Bertz CT molecular complexity index is 1180. The molecule has 2 aliphatic heterocycles. The fourth-order valence-electron chi connectivity index (χ4n) is 4.94. The van der Waals surface area contributed by atoms with E-state index in [9.17, 15) is 19.2 Å². The second-order valence-electron chi connectivity index (χ2n) is 10.8. The molecule has 0 N–H and O–H groups in total. The summed E-state index contributed by atoms with van der Waals surface area (Å²) in [6.07, 6.45) is 5.52. The van der Waals surface area contributed by atoms with E-state index in [1.54, 1.807) is 43.9 Å². The van der Waals surface area contributed by atoms with Crippen molar-refractivity contribution in [1.82, 2.24) is 4.90 Å². The highest BCUT2D eigenvalue weighted by molar-refractivity contribution is 9.10. The third-order valence-corrected chi connectivity index (χ3v) is 7.65. The van der Waals surface area contributed by atoms with Crippen LogP contribution in [0.25, 0.3) is 0 Å². The zero-order valence-electron chi connectivity index (χ0n) is 21.1. The van der Waals surface area contributed by atoms with Crippen molar-refractivity contribution >= 4 is 45.2 Å². The summed E-state index contributed by atoms with van der Waals surface area (Å²) in [6.45, 7) is 6.08. The van der Waals surface area contributed by atoms with Gasteiger partial charge in [-0.1, -0.05) is 17.7 Å². The van der Waals surface area contributed by atoms with Gasteiger partial charge in [0.05, 0.1) is 28.2 Å². The predicted molar refractivity (Wildman–Crippen MR) is 142 cm³/mol. The van der Waals surface area contributed by atoms with Crippen molar-refractivity contribution in [2.45, 2.75) is 58.2 Å². The number of rotatable bonds is 3. The fourth-order valence-corrected chi connectivity index (χ4v) is 5.83. The molecule has 2 atom stereocenters. The third kappa shape index (κ3) is 6.29. The first-order chi connectivity index (χ1) is 17.4. The molecule has 0 saturated carbocycles. The molecule has 2 unspecified atom stereocenters. The predicted octanol–water partition coefficient (Wildman–Crippen LogP) is 6.56. The normalized spacial score (nSPS) is 22.9. The molecule has 1 saturated heterocycles. The lowest BCUT2D eigenvalue weighted by molar-refractivity contribution is -0.140. The van der Waals surface area contributed by atoms with E-state index in [-0.39, 0.29) is 24.2 Å². The van der Waals surface area contributed by atoms with Gasteiger partial charge in [-0.05, 0) is 92.6 Å². The summed E-state index contributed by atoms with van der Waals surface area (Å²) in [4.78, 5) is 29.7. The average Bonchev–Trinajstić information content (AvgIpc) is 2.84. The highest BCUT2D eigenvalue weighted by atomic mass is 79.9. The minimum absolute atomic E-state index is 0.0296. The SMILES string of the molecule is CC(C)(C)OC(=O)N1CC(C(=O)N2CCC(C#N)(CC3C=CC(F)=CC3)CC2)Oc2c(Br)cc(Cl)cc21. The Kier molecular flexibility index (Phi) is 7.91. The molecule has 2 amide bonds. The first kappa shape index (κ1) is 27.5. The van der Waals surface area contributed by atoms with Gasteiger partial charge in [0.25, 0.3) is 5.91 Å². The van der Waals surface area contributed by atoms with Crippen molar-refractivity contribution in [2.75, 3.05) is 24.5 Å². The largest absolute Gasteiger partial charge is 0.475 e. The van der Waals surface area contributed by atoms with Crippen molar-refractivity contribution < 1.29 is 23.5 Å². The monoisotopic (exact) mass is 593 g/mol. The number of allylic oxidation sites excluding steroid dienone is 4. The number of benzene rings is 1. The maximum atomic E-state index is 13.6. The summed E-state index contributed by atoms with van der Waals surface area (Å²) in [5, 5.41) is 10.4. The van der Waals surface area contributed by atoms with Gasteiger partial charge in [0.2, 0.25) is 0 Å². The minimum atomic E-state index is -0.943. The molecule has 0 aromatic heterocycles. The van der Waals surface area contributed by atoms with E-state index in [2.05, 4.69) is 22.0 Å². The molecule has 7 nitrogen and oxygen atoms in total. The van der Waals surface area contributed by atoms with E-state index in [0.717, 1.165) is 0 Å². The summed E-state index contributed by atoms with van der Waals surface area (Å²) in [6, 6.07) is 5.73. The molecule has 2 heterocycles. The fraction of sp³-hybridized carbons (Fsp3) is 0.519. The van der Waals surface area contributed by atoms with Crippen LogP contribution in [-0.2, 0) is 9.53 Å². The molecule has 1 aliphatic carbocycles. The zero-order valence-corrected chi connectivity index (χ0v) is 23.4. The number of carbonyl (C=O) groups is 2. The first-order valence-electron chi connectivity index (χ1n) is 12.3. The second-order valence-corrected chi connectivity index (χ2v) is 12.1. The van der Waals surface area contributed by atoms with Gasteiger partial charge in [-0.25, -0.2) is 9.18 Å². The molecule has 4 rings (SSSR count). The second kappa shape index (κ2) is 10.7. The number of halogens is 3. The number of nitrogens with zero attached hydrogens (tertiary/aromatic N) is 3. The van der Waals surface area contributed by atoms with Crippen molar-refractivity contribution in [3.05, 3.63) is 45.7 Å². The maximum absolute atomic E-state index is 13.6. The van der Waals surface area contributed by atoms with Gasteiger partial charge in [-0.15, -0.1) is 0 Å². The molecule has 1 aromatic carbocycles. The van der Waals surface area contributed by atoms with Crippen LogP contribution in [0.2, 0.25) is 5.02 Å². The van der Waals surface area contributed by atoms with E-state index >= 15 is 0 Å². The number of hydrogen-bond acceptors (Lipinski definition) is 5. The molecular formula is C27H30BrClFN3O4. The molecule has 0 bridgehead atoms. The highest BCUT2D eigenvalue weighted by Gasteiger charge is 2.42. The number of ether oxygens (including phenoxy) is 2. The highest BCUT2D eigenvalue weighted by Crippen LogP contribution is 2.44. The Morgan fingerprint density at radius 3 is 2.62 bits per heavy atom. The van der Waals surface area contributed by atoms with Gasteiger partial charge in [-0.3, -0.25) is 9.69 Å². The molecule has 1 fully saturated rings. The summed E-state index contributed by atoms with van der Waals surface area (Å²) >= 11 is 9.67. The maximum Gasteiger partial charge on any atom is 0.415 e. The zero-order chi connectivity index (χ0) is 27.0. The molecule has 3 aliphatic rings. The Hall–Kier alpha value is -2.57. The first-order valence-corrected chi connectivity index (χ1v) is 13.5. The number of carbonyl (C=O) groups excluding carboxylic acids is 2. The van der Waals surface area contributed by atoms with Gasteiger partial charge < -0.3 is 14.4 Å². The van der Waals surface area contributed by atoms with Crippen LogP contribution in [0.3, 0.4) is 0 Å². The third-order valence-electron chi connectivity index (χ3n) is 6.84. The topological polar surface area (TPSA) is 82.9 Å². The van der Waals surface area contributed by atoms with Crippen molar-refractivity contribution in [3.8, 4) is 11.8 Å². The number of amides is 2. The van der Waals surface area contributed by atoms with E-state index < -0.39 is 23.2 Å². The lowest BCUT2D eigenvalue weighted by Gasteiger charge is -2.41. The number of piperidine rings is 1. The lowest BCUT2D eigenvalue weighted by Crippen LogP contribution is -2.54. The summed E-state index contributed by atoms with van der Waals surface area (Å²) in [5.41, 5.74) is -0.880. The number of hydrogen-bond donors (Lipinski definition) is 0. The van der Waals surface area contributed by atoms with Crippen molar-refractivity contribution in [2.24, 2.45) is 11.3 Å². The molecule has 10 heteroatoms.